The van der Waals surface area contributed by atoms with Gasteiger partial charge in [0, 0.05) is 50.0 Å². The van der Waals surface area contributed by atoms with Crippen LogP contribution in [0.1, 0.15) is 24.0 Å². The van der Waals surface area contributed by atoms with Crippen molar-refractivity contribution in [3.63, 3.8) is 0 Å². The highest BCUT2D eigenvalue weighted by Gasteiger charge is 2.20. The van der Waals surface area contributed by atoms with Gasteiger partial charge in [-0.25, -0.2) is 0 Å². The third-order valence-corrected chi connectivity index (χ3v) is 4.05. The number of nitrogens with zero attached hydrogens (tertiary/aromatic N) is 2. The van der Waals surface area contributed by atoms with Crippen molar-refractivity contribution in [2.75, 3.05) is 11.9 Å². The molecule has 2 N–H and O–H groups in total. The number of fused-ring (bicyclic) bond motifs is 1. The lowest BCUT2D eigenvalue weighted by atomic mass is 9.96. The monoisotopic (exact) mass is 308 g/mol. The number of hydrogen-bond donors (Lipinski definition) is 1. The first kappa shape index (κ1) is 15.2. The first-order chi connectivity index (χ1) is 11.0. The maximum absolute atomic E-state index is 11.8. The minimum atomic E-state index is -0.364. The molecule has 1 radical (unpaired) electrons. The van der Waals surface area contributed by atoms with E-state index in [2.05, 4.69) is 11.1 Å². The predicted molar refractivity (Wildman–Crippen MR) is 88.6 cm³/mol. The first-order valence-electron chi connectivity index (χ1n) is 7.51. The molecule has 5 nitrogen and oxygen atoms in total. The van der Waals surface area contributed by atoms with Crippen molar-refractivity contribution in [2.24, 2.45) is 5.73 Å². The summed E-state index contributed by atoms with van der Waals surface area (Å²) >= 11 is 0. The van der Waals surface area contributed by atoms with Crippen LogP contribution in [-0.4, -0.2) is 23.8 Å². The summed E-state index contributed by atoms with van der Waals surface area (Å²) in [7, 11) is 1.81. The molecule has 117 valence electrons. The van der Waals surface area contributed by atoms with Crippen LogP contribution in [0.15, 0.2) is 36.7 Å². The van der Waals surface area contributed by atoms with Crippen molar-refractivity contribution >= 4 is 17.5 Å². The van der Waals surface area contributed by atoms with Crippen LogP contribution in [0.5, 0.6) is 0 Å². The number of anilines is 1. The number of pyridine rings is 1. The molecule has 2 aromatic rings. The van der Waals surface area contributed by atoms with Crippen molar-refractivity contribution in [3.05, 3.63) is 54.2 Å². The highest BCUT2D eigenvalue weighted by Crippen LogP contribution is 2.31. The second-order valence-electron chi connectivity index (χ2n) is 5.68. The van der Waals surface area contributed by atoms with Gasteiger partial charge in [0.05, 0.1) is 0 Å². The number of carbonyl (C=O) groups excluding carboxylic acids is 2. The molecular weight excluding hydrogens is 290 g/mol. The van der Waals surface area contributed by atoms with Gasteiger partial charge in [-0.3, -0.25) is 14.6 Å². The molecule has 0 aliphatic carbocycles. The zero-order valence-corrected chi connectivity index (χ0v) is 13.0. The van der Waals surface area contributed by atoms with Crippen LogP contribution in [0.25, 0.3) is 11.1 Å². The van der Waals surface area contributed by atoms with E-state index in [1.807, 2.05) is 18.2 Å². The van der Waals surface area contributed by atoms with Crippen LogP contribution >= 0.6 is 0 Å². The van der Waals surface area contributed by atoms with E-state index in [1.54, 1.807) is 30.8 Å². The van der Waals surface area contributed by atoms with Gasteiger partial charge in [0.1, 0.15) is 0 Å². The SMILES string of the molecule is CN1C(=O)CCc2cc(-c3cncc([CH]CC(N)=O)c3)ccc21. The average Bonchev–Trinajstić information content (AvgIpc) is 2.56. The Morgan fingerprint density at radius 3 is 2.87 bits per heavy atom. The van der Waals surface area contributed by atoms with Gasteiger partial charge in [0.2, 0.25) is 11.8 Å². The molecule has 2 amide bonds. The Bertz CT molecular complexity index is 771. The van der Waals surface area contributed by atoms with Crippen LogP contribution in [0.2, 0.25) is 0 Å². The van der Waals surface area contributed by atoms with Crippen molar-refractivity contribution in [2.45, 2.75) is 19.3 Å². The summed E-state index contributed by atoms with van der Waals surface area (Å²) in [5.74, 6) is -0.216. The summed E-state index contributed by atoms with van der Waals surface area (Å²) in [6, 6.07) is 8.05. The Morgan fingerprint density at radius 2 is 2.09 bits per heavy atom. The number of aromatic nitrogens is 1. The number of benzene rings is 1. The Labute approximate surface area is 135 Å². The maximum atomic E-state index is 11.8. The van der Waals surface area contributed by atoms with Gasteiger partial charge in [-0.1, -0.05) is 6.07 Å². The fourth-order valence-electron chi connectivity index (χ4n) is 2.78. The fourth-order valence-corrected chi connectivity index (χ4v) is 2.78. The van der Waals surface area contributed by atoms with Gasteiger partial charge in [0.15, 0.2) is 0 Å². The van der Waals surface area contributed by atoms with E-state index >= 15 is 0 Å². The third-order valence-electron chi connectivity index (χ3n) is 4.05. The molecule has 23 heavy (non-hydrogen) atoms. The van der Waals surface area contributed by atoms with Gasteiger partial charge in [-0.2, -0.15) is 0 Å². The quantitative estimate of drug-likeness (QED) is 0.939. The Kier molecular flexibility index (Phi) is 4.10. The molecule has 1 aliphatic heterocycles. The number of carbonyl (C=O) groups is 2. The van der Waals surface area contributed by atoms with E-state index < -0.39 is 0 Å². The normalized spacial score (nSPS) is 13.8. The summed E-state index contributed by atoms with van der Waals surface area (Å²) in [5, 5.41) is 0. The van der Waals surface area contributed by atoms with Gasteiger partial charge in [-0.15, -0.1) is 0 Å². The second kappa shape index (κ2) is 6.20. The van der Waals surface area contributed by atoms with Crippen LogP contribution in [-0.2, 0) is 16.0 Å². The summed E-state index contributed by atoms with van der Waals surface area (Å²) in [6.07, 6.45) is 6.76. The van der Waals surface area contributed by atoms with Gasteiger partial charge >= 0.3 is 0 Å². The minimum absolute atomic E-state index is 0.148. The van der Waals surface area contributed by atoms with Crippen molar-refractivity contribution in [3.8, 4) is 11.1 Å². The van der Waals surface area contributed by atoms with E-state index in [0.717, 1.165) is 34.4 Å². The number of primary amides is 1. The Hall–Kier alpha value is -2.69. The van der Waals surface area contributed by atoms with Crippen LogP contribution < -0.4 is 10.6 Å². The predicted octanol–water partition coefficient (Wildman–Crippen LogP) is 2.09. The molecule has 0 saturated heterocycles. The average molecular weight is 308 g/mol. The number of nitrogens with two attached hydrogens (primary N) is 1. The maximum Gasteiger partial charge on any atom is 0.227 e. The molecule has 3 rings (SSSR count). The summed E-state index contributed by atoms with van der Waals surface area (Å²) in [4.78, 5) is 28.6. The fraction of sp³-hybridized carbons (Fsp3) is 0.222. The van der Waals surface area contributed by atoms with Crippen LogP contribution in [0, 0.1) is 6.42 Å². The zero-order chi connectivity index (χ0) is 16.4. The smallest absolute Gasteiger partial charge is 0.227 e. The standard InChI is InChI=1S/C18H18N3O2/c1-21-16-5-3-13(9-14(16)4-7-18(21)23)15-8-12(10-20-11-15)2-6-17(19)22/h2-3,5,8-11H,4,6-7H2,1H3,(H2,19,22). The van der Waals surface area contributed by atoms with E-state index in [0.29, 0.717) is 6.42 Å². The number of rotatable bonds is 4. The van der Waals surface area contributed by atoms with Crippen LogP contribution in [0.4, 0.5) is 5.69 Å². The van der Waals surface area contributed by atoms with Crippen LogP contribution in [0.3, 0.4) is 0 Å². The van der Waals surface area contributed by atoms with E-state index in [-0.39, 0.29) is 18.2 Å². The number of amides is 2. The zero-order valence-electron chi connectivity index (χ0n) is 13.0. The molecule has 1 aromatic heterocycles. The molecule has 1 aromatic carbocycles. The van der Waals surface area contributed by atoms with Gasteiger partial charge < -0.3 is 10.6 Å². The number of hydrogen-bond acceptors (Lipinski definition) is 3. The van der Waals surface area contributed by atoms with Gasteiger partial charge in [-0.05, 0) is 41.3 Å². The van der Waals surface area contributed by atoms with E-state index in [1.165, 1.54) is 0 Å². The molecular formula is C18H18N3O2. The topological polar surface area (TPSA) is 76.3 Å². The molecule has 1 aliphatic rings. The summed E-state index contributed by atoms with van der Waals surface area (Å²) in [5.41, 5.74) is 10.2. The largest absolute Gasteiger partial charge is 0.370 e. The van der Waals surface area contributed by atoms with E-state index in [9.17, 15) is 9.59 Å². The minimum Gasteiger partial charge on any atom is -0.370 e. The molecule has 2 heterocycles. The lowest BCUT2D eigenvalue weighted by Gasteiger charge is -2.26. The highest BCUT2D eigenvalue weighted by molar-refractivity contribution is 5.96. The molecule has 5 heteroatoms. The van der Waals surface area contributed by atoms with Crippen molar-refractivity contribution in [1.82, 2.24) is 4.98 Å². The lowest BCUT2D eigenvalue weighted by molar-refractivity contribution is -0.119. The molecule has 0 spiro atoms. The van der Waals surface area contributed by atoms with Crippen molar-refractivity contribution < 1.29 is 9.59 Å². The molecule has 0 fully saturated rings. The second-order valence-corrected chi connectivity index (χ2v) is 5.68. The molecule has 0 saturated carbocycles. The Balaban J connectivity index is 1.89. The van der Waals surface area contributed by atoms with Crippen molar-refractivity contribution in [1.29, 1.82) is 0 Å². The molecule has 0 atom stereocenters. The molecule has 0 unspecified atom stereocenters. The van der Waals surface area contributed by atoms with E-state index in [4.69, 9.17) is 5.73 Å². The highest BCUT2D eigenvalue weighted by atomic mass is 16.2. The third kappa shape index (κ3) is 3.23. The first-order valence-corrected chi connectivity index (χ1v) is 7.51. The number of aryl methyl sites for hydroxylation is 1. The lowest BCUT2D eigenvalue weighted by Crippen LogP contribution is -2.30. The Morgan fingerprint density at radius 1 is 1.26 bits per heavy atom. The summed E-state index contributed by atoms with van der Waals surface area (Å²) < 4.78 is 0. The summed E-state index contributed by atoms with van der Waals surface area (Å²) in [6.45, 7) is 0. The molecule has 0 bridgehead atoms. The van der Waals surface area contributed by atoms with Gasteiger partial charge in [0.25, 0.3) is 0 Å².